The minimum absolute atomic E-state index is 0.0970. The number of hydrogen-bond donors (Lipinski definition) is 0. The van der Waals surface area contributed by atoms with Gasteiger partial charge in [-0.2, -0.15) is 0 Å². The maximum Gasteiger partial charge on any atom is 0.306 e. The highest BCUT2D eigenvalue weighted by atomic mass is 16.5. The lowest BCUT2D eigenvalue weighted by molar-refractivity contribution is -0.148. The fourth-order valence-electron chi connectivity index (χ4n) is 2.90. The number of unbranched alkanes of at least 4 members (excludes halogenated alkanes) is 11. The van der Waals surface area contributed by atoms with Crippen LogP contribution in [0.15, 0.2) is 0 Å². The Morgan fingerprint density at radius 2 is 1.12 bits per heavy atom. The van der Waals surface area contributed by atoms with Crippen LogP contribution in [-0.4, -0.2) is 24.6 Å². The summed E-state index contributed by atoms with van der Waals surface area (Å²) >= 11 is 0. The molecule has 0 aliphatic rings. The molecule has 0 spiro atoms. The summed E-state index contributed by atoms with van der Waals surface area (Å²) in [6.07, 6.45) is 16.6. The van der Waals surface area contributed by atoms with Gasteiger partial charge >= 0.3 is 11.9 Å². The zero-order chi connectivity index (χ0) is 19.5. The summed E-state index contributed by atoms with van der Waals surface area (Å²) in [6, 6.07) is 0. The number of hydrogen-bond acceptors (Lipinski definition) is 4. The summed E-state index contributed by atoms with van der Waals surface area (Å²) in [5, 5.41) is 0. The van der Waals surface area contributed by atoms with Crippen molar-refractivity contribution in [3.8, 4) is 0 Å². The maximum atomic E-state index is 11.6. The summed E-state index contributed by atoms with van der Waals surface area (Å²) in [4.78, 5) is 22.9. The van der Waals surface area contributed by atoms with E-state index in [2.05, 4.69) is 6.92 Å². The fraction of sp³-hybridized carbons (Fsp3) is 0.909. The highest BCUT2D eigenvalue weighted by molar-refractivity contribution is 5.72. The van der Waals surface area contributed by atoms with Gasteiger partial charge in [-0.3, -0.25) is 9.59 Å². The number of ether oxygens (including phenoxy) is 2. The van der Waals surface area contributed by atoms with Crippen LogP contribution in [0.2, 0.25) is 0 Å². The van der Waals surface area contributed by atoms with E-state index in [1.165, 1.54) is 64.2 Å². The summed E-state index contributed by atoms with van der Waals surface area (Å²) in [6.45, 7) is 6.40. The number of rotatable bonds is 18. The molecule has 0 fully saturated rings. The molecular formula is C22H42O4. The number of carbonyl (C=O) groups excluding carboxylic acids is 2. The minimum Gasteiger partial charge on any atom is -0.466 e. The van der Waals surface area contributed by atoms with Gasteiger partial charge in [-0.25, -0.2) is 0 Å². The maximum absolute atomic E-state index is 11.6. The molecule has 0 atom stereocenters. The van der Waals surface area contributed by atoms with Crippen molar-refractivity contribution < 1.29 is 19.1 Å². The summed E-state index contributed by atoms with van der Waals surface area (Å²) in [5.74, 6) is -0.445. The van der Waals surface area contributed by atoms with E-state index < -0.39 is 0 Å². The van der Waals surface area contributed by atoms with E-state index >= 15 is 0 Å². The Balaban J connectivity index is 3.24. The van der Waals surface area contributed by atoms with Crippen LogP contribution in [0, 0.1) is 0 Å². The molecule has 0 saturated heterocycles. The molecule has 0 aliphatic heterocycles. The average molecular weight is 371 g/mol. The Kier molecular flexibility index (Phi) is 18.0. The lowest BCUT2D eigenvalue weighted by atomic mass is 10.1. The number of esters is 2. The molecule has 0 radical (unpaired) electrons. The molecule has 0 saturated carbocycles. The zero-order valence-corrected chi connectivity index (χ0v) is 17.5. The Bertz CT molecular complexity index is 339. The molecule has 4 heteroatoms. The van der Waals surface area contributed by atoms with Crippen LogP contribution < -0.4 is 0 Å². The Labute approximate surface area is 161 Å². The normalized spacial score (nSPS) is 10.9. The summed E-state index contributed by atoms with van der Waals surface area (Å²) < 4.78 is 10.2. The molecule has 0 N–H and O–H groups in total. The first kappa shape index (κ1) is 24.9. The average Bonchev–Trinajstić information content (AvgIpc) is 2.58. The van der Waals surface area contributed by atoms with Crippen molar-refractivity contribution in [3.05, 3.63) is 0 Å². The first-order valence-corrected chi connectivity index (χ1v) is 10.9. The molecule has 0 aromatic rings. The molecule has 154 valence electrons. The quantitative estimate of drug-likeness (QED) is 0.208. The SMILES string of the molecule is CCCCCCCCCCCCCCOC(=O)CCCC(=O)OC(C)C. The van der Waals surface area contributed by atoms with Crippen LogP contribution in [0.4, 0.5) is 0 Å². The van der Waals surface area contributed by atoms with Gasteiger partial charge in [-0.15, -0.1) is 0 Å². The molecule has 0 amide bonds. The molecule has 26 heavy (non-hydrogen) atoms. The minimum atomic E-state index is -0.242. The van der Waals surface area contributed by atoms with Crippen molar-refractivity contribution in [1.29, 1.82) is 0 Å². The predicted octanol–water partition coefficient (Wildman–Crippen LogP) is 6.35. The molecule has 0 aromatic carbocycles. The molecule has 0 aromatic heterocycles. The van der Waals surface area contributed by atoms with Crippen molar-refractivity contribution in [3.63, 3.8) is 0 Å². The van der Waals surface area contributed by atoms with Gasteiger partial charge in [0.25, 0.3) is 0 Å². The zero-order valence-electron chi connectivity index (χ0n) is 17.5. The van der Waals surface area contributed by atoms with Crippen LogP contribution in [0.25, 0.3) is 0 Å². The van der Waals surface area contributed by atoms with Crippen molar-refractivity contribution in [2.24, 2.45) is 0 Å². The highest BCUT2D eigenvalue weighted by Crippen LogP contribution is 2.12. The first-order chi connectivity index (χ1) is 12.6. The largest absolute Gasteiger partial charge is 0.466 e. The third-order valence-corrected chi connectivity index (χ3v) is 4.39. The van der Waals surface area contributed by atoms with Crippen LogP contribution in [-0.2, 0) is 19.1 Å². The smallest absolute Gasteiger partial charge is 0.306 e. The predicted molar refractivity (Wildman–Crippen MR) is 107 cm³/mol. The molecular weight excluding hydrogens is 328 g/mol. The molecule has 0 heterocycles. The lowest BCUT2D eigenvalue weighted by Crippen LogP contribution is -2.12. The summed E-state index contributed by atoms with van der Waals surface area (Å²) in [5.41, 5.74) is 0. The fourth-order valence-corrected chi connectivity index (χ4v) is 2.90. The first-order valence-electron chi connectivity index (χ1n) is 10.9. The monoisotopic (exact) mass is 370 g/mol. The van der Waals surface area contributed by atoms with Crippen LogP contribution in [0.1, 0.15) is 117 Å². The van der Waals surface area contributed by atoms with E-state index in [1.807, 2.05) is 13.8 Å². The molecule has 0 aliphatic carbocycles. The van der Waals surface area contributed by atoms with Gasteiger partial charge in [0.15, 0.2) is 0 Å². The van der Waals surface area contributed by atoms with E-state index in [-0.39, 0.29) is 24.5 Å². The van der Waals surface area contributed by atoms with Gasteiger partial charge in [0.2, 0.25) is 0 Å². The van der Waals surface area contributed by atoms with Crippen molar-refractivity contribution in [1.82, 2.24) is 0 Å². The van der Waals surface area contributed by atoms with Crippen molar-refractivity contribution >= 4 is 11.9 Å². The summed E-state index contributed by atoms with van der Waals surface area (Å²) in [7, 11) is 0. The van der Waals surface area contributed by atoms with Crippen LogP contribution in [0.3, 0.4) is 0 Å². The van der Waals surface area contributed by atoms with E-state index in [0.29, 0.717) is 19.4 Å². The second kappa shape index (κ2) is 18.7. The Morgan fingerprint density at radius 1 is 0.654 bits per heavy atom. The van der Waals surface area contributed by atoms with Gasteiger partial charge < -0.3 is 9.47 Å². The van der Waals surface area contributed by atoms with Crippen molar-refractivity contribution in [2.75, 3.05) is 6.61 Å². The molecule has 4 nitrogen and oxygen atoms in total. The van der Waals surface area contributed by atoms with Gasteiger partial charge in [0.1, 0.15) is 0 Å². The topological polar surface area (TPSA) is 52.6 Å². The van der Waals surface area contributed by atoms with E-state index in [0.717, 1.165) is 12.8 Å². The van der Waals surface area contributed by atoms with Gasteiger partial charge in [0.05, 0.1) is 12.7 Å². The van der Waals surface area contributed by atoms with Gasteiger partial charge in [-0.1, -0.05) is 77.6 Å². The third kappa shape index (κ3) is 19.3. The van der Waals surface area contributed by atoms with Crippen LogP contribution in [0.5, 0.6) is 0 Å². The van der Waals surface area contributed by atoms with E-state index in [9.17, 15) is 9.59 Å². The Morgan fingerprint density at radius 3 is 1.62 bits per heavy atom. The van der Waals surface area contributed by atoms with E-state index in [4.69, 9.17) is 9.47 Å². The second-order valence-corrected chi connectivity index (χ2v) is 7.50. The molecule has 0 bridgehead atoms. The second-order valence-electron chi connectivity index (χ2n) is 7.50. The van der Waals surface area contributed by atoms with E-state index in [1.54, 1.807) is 0 Å². The number of carbonyl (C=O) groups is 2. The third-order valence-electron chi connectivity index (χ3n) is 4.39. The standard InChI is InChI=1S/C22H42O4/c1-4-5-6-7-8-9-10-11-12-13-14-15-19-25-21(23)17-16-18-22(24)26-20(2)3/h20H,4-19H2,1-3H3. The van der Waals surface area contributed by atoms with Crippen LogP contribution >= 0.6 is 0 Å². The Hall–Kier alpha value is -1.06. The highest BCUT2D eigenvalue weighted by Gasteiger charge is 2.08. The lowest BCUT2D eigenvalue weighted by Gasteiger charge is -2.07. The molecule has 0 rings (SSSR count). The molecule has 0 unspecified atom stereocenters. The van der Waals surface area contributed by atoms with Crippen molar-refractivity contribution in [2.45, 2.75) is 123 Å². The van der Waals surface area contributed by atoms with Gasteiger partial charge in [0, 0.05) is 12.8 Å². The van der Waals surface area contributed by atoms with Gasteiger partial charge in [-0.05, 0) is 26.7 Å².